The van der Waals surface area contributed by atoms with Gasteiger partial charge >= 0.3 is 6.09 Å². The van der Waals surface area contributed by atoms with Crippen LogP contribution in [0.25, 0.3) is 0 Å². The lowest BCUT2D eigenvalue weighted by molar-refractivity contribution is 0.0635. The third-order valence-electron chi connectivity index (χ3n) is 3.14. The summed E-state index contributed by atoms with van der Waals surface area (Å²) in [6.07, 6.45) is -0.600. The first-order valence-electron chi connectivity index (χ1n) is 7.79. The Morgan fingerprint density at radius 1 is 1.04 bits per heavy atom. The van der Waals surface area contributed by atoms with E-state index in [-0.39, 0.29) is 5.91 Å². The molecular weight excluding hydrogens is 377 g/mol. The van der Waals surface area contributed by atoms with Crippen LogP contribution in [0, 0.1) is 6.92 Å². The van der Waals surface area contributed by atoms with Gasteiger partial charge < -0.3 is 10.1 Å². The Hall–Kier alpha value is -2.31. The van der Waals surface area contributed by atoms with Crippen molar-refractivity contribution < 1.29 is 14.3 Å². The second kappa shape index (κ2) is 7.93. The smallest absolute Gasteiger partial charge is 0.413 e. The third kappa shape index (κ3) is 5.61. The van der Waals surface area contributed by atoms with Crippen molar-refractivity contribution in [1.82, 2.24) is 4.98 Å². The van der Waals surface area contributed by atoms with Gasteiger partial charge in [-0.3, -0.25) is 10.1 Å². The van der Waals surface area contributed by atoms with Crippen LogP contribution in [0.2, 0.25) is 10.0 Å². The molecule has 0 saturated heterocycles. The van der Waals surface area contributed by atoms with Gasteiger partial charge in [0.05, 0.1) is 21.4 Å². The largest absolute Gasteiger partial charge is 0.444 e. The monoisotopic (exact) mass is 395 g/mol. The average molecular weight is 396 g/mol. The lowest BCUT2D eigenvalue weighted by Gasteiger charge is -2.19. The molecule has 8 heteroatoms. The molecule has 0 bridgehead atoms. The Balaban J connectivity index is 2.08. The van der Waals surface area contributed by atoms with Gasteiger partial charge in [0.25, 0.3) is 5.91 Å². The zero-order valence-corrected chi connectivity index (χ0v) is 16.3. The molecule has 1 aromatic carbocycles. The van der Waals surface area contributed by atoms with Crippen molar-refractivity contribution in [3.63, 3.8) is 0 Å². The fourth-order valence-electron chi connectivity index (χ4n) is 2.00. The summed E-state index contributed by atoms with van der Waals surface area (Å²) in [5, 5.41) is 5.96. The number of aryl methyl sites for hydroxylation is 1. The van der Waals surface area contributed by atoms with Crippen LogP contribution in [0.3, 0.4) is 0 Å². The molecule has 0 aliphatic carbocycles. The third-order valence-corrected chi connectivity index (χ3v) is 3.88. The molecule has 26 heavy (non-hydrogen) atoms. The predicted octanol–water partition coefficient (Wildman–Crippen LogP) is 5.30. The van der Waals surface area contributed by atoms with E-state index < -0.39 is 11.7 Å². The molecule has 0 saturated carbocycles. The number of aromatic nitrogens is 1. The molecule has 0 atom stereocenters. The lowest BCUT2D eigenvalue weighted by atomic mass is 10.2. The average Bonchev–Trinajstić information content (AvgIpc) is 2.50. The summed E-state index contributed by atoms with van der Waals surface area (Å²) in [5.41, 5.74) is 0.810. The van der Waals surface area contributed by atoms with Crippen molar-refractivity contribution in [1.29, 1.82) is 0 Å². The Morgan fingerprint density at radius 2 is 1.73 bits per heavy atom. The molecule has 0 radical (unpaired) electrons. The highest BCUT2D eigenvalue weighted by Gasteiger charge is 2.17. The van der Waals surface area contributed by atoms with E-state index in [1.165, 1.54) is 6.07 Å². The predicted molar refractivity (Wildman–Crippen MR) is 103 cm³/mol. The summed E-state index contributed by atoms with van der Waals surface area (Å²) in [7, 11) is 0. The summed E-state index contributed by atoms with van der Waals surface area (Å²) in [5.74, 6) is -0.0226. The lowest BCUT2D eigenvalue weighted by Crippen LogP contribution is -2.27. The van der Waals surface area contributed by atoms with E-state index in [1.807, 2.05) is 0 Å². The van der Waals surface area contributed by atoms with Gasteiger partial charge in [-0.05, 0) is 58.0 Å². The Kier molecular flexibility index (Phi) is 6.10. The normalized spacial score (nSPS) is 11.0. The minimum atomic E-state index is -0.604. The van der Waals surface area contributed by atoms with E-state index in [1.54, 1.807) is 52.0 Å². The topological polar surface area (TPSA) is 80.3 Å². The minimum Gasteiger partial charge on any atom is -0.444 e. The zero-order valence-electron chi connectivity index (χ0n) is 14.8. The SMILES string of the molecule is Cc1nc(NC(=O)OC(C)(C)C)ccc1NC(=O)c1ccc(Cl)c(Cl)c1. The maximum absolute atomic E-state index is 12.3. The van der Waals surface area contributed by atoms with Gasteiger partial charge in [0.2, 0.25) is 0 Å². The molecule has 0 spiro atoms. The van der Waals surface area contributed by atoms with E-state index in [9.17, 15) is 9.59 Å². The van der Waals surface area contributed by atoms with Crippen LogP contribution in [0.4, 0.5) is 16.3 Å². The molecule has 0 aliphatic heterocycles. The van der Waals surface area contributed by atoms with Gasteiger partial charge in [0.1, 0.15) is 11.4 Å². The number of hydrogen-bond donors (Lipinski definition) is 2. The van der Waals surface area contributed by atoms with E-state index in [0.717, 1.165) is 0 Å². The summed E-state index contributed by atoms with van der Waals surface area (Å²) in [6, 6.07) is 7.83. The van der Waals surface area contributed by atoms with Crippen molar-refractivity contribution >= 4 is 46.7 Å². The number of nitrogens with zero attached hydrogens (tertiary/aromatic N) is 1. The van der Waals surface area contributed by atoms with Crippen molar-refractivity contribution in [2.45, 2.75) is 33.3 Å². The number of pyridine rings is 1. The summed E-state index contributed by atoms with van der Waals surface area (Å²) in [4.78, 5) is 28.3. The number of carbonyl (C=O) groups excluding carboxylic acids is 2. The van der Waals surface area contributed by atoms with E-state index in [4.69, 9.17) is 27.9 Å². The van der Waals surface area contributed by atoms with Crippen LogP contribution in [0.1, 0.15) is 36.8 Å². The van der Waals surface area contributed by atoms with Crippen LogP contribution in [-0.2, 0) is 4.74 Å². The van der Waals surface area contributed by atoms with Gasteiger partial charge in [0.15, 0.2) is 0 Å². The molecule has 2 rings (SSSR count). The number of hydrogen-bond acceptors (Lipinski definition) is 4. The molecule has 0 aliphatic rings. The van der Waals surface area contributed by atoms with E-state index >= 15 is 0 Å². The number of nitrogens with one attached hydrogen (secondary N) is 2. The maximum atomic E-state index is 12.3. The van der Waals surface area contributed by atoms with Crippen molar-refractivity contribution in [3.8, 4) is 0 Å². The molecule has 2 N–H and O–H groups in total. The van der Waals surface area contributed by atoms with Crippen LogP contribution in [0.15, 0.2) is 30.3 Å². The molecule has 1 aromatic heterocycles. The molecular formula is C18H19Cl2N3O3. The van der Waals surface area contributed by atoms with Gasteiger partial charge in [-0.25, -0.2) is 9.78 Å². The summed E-state index contributed by atoms with van der Waals surface area (Å²) < 4.78 is 5.17. The number of ether oxygens (including phenoxy) is 1. The second-order valence-corrected chi connectivity index (χ2v) is 7.35. The van der Waals surface area contributed by atoms with Gasteiger partial charge in [-0.1, -0.05) is 23.2 Å². The van der Waals surface area contributed by atoms with Crippen molar-refractivity contribution in [3.05, 3.63) is 51.6 Å². The first kappa shape index (κ1) is 20.0. The van der Waals surface area contributed by atoms with E-state index in [0.29, 0.717) is 32.8 Å². The van der Waals surface area contributed by atoms with Crippen molar-refractivity contribution in [2.75, 3.05) is 10.6 Å². The molecule has 6 nitrogen and oxygen atoms in total. The quantitative estimate of drug-likeness (QED) is 0.738. The minimum absolute atomic E-state index is 0.297. The molecule has 1 heterocycles. The first-order valence-corrected chi connectivity index (χ1v) is 8.55. The van der Waals surface area contributed by atoms with Crippen LogP contribution < -0.4 is 10.6 Å². The van der Waals surface area contributed by atoms with Gasteiger partial charge in [-0.15, -0.1) is 0 Å². The number of amides is 2. The number of carbonyl (C=O) groups is 2. The number of halogens is 2. The highest BCUT2D eigenvalue weighted by molar-refractivity contribution is 6.42. The van der Waals surface area contributed by atoms with Gasteiger partial charge in [0, 0.05) is 5.56 Å². The maximum Gasteiger partial charge on any atom is 0.413 e. The standard InChI is InChI=1S/C18H19Cl2N3O3/c1-10-14(22-16(24)11-5-6-12(19)13(20)9-11)7-8-15(21-10)23-17(25)26-18(2,3)4/h5-9H,1-4H3,(H,22,24)(H,21,23,25). The van der Waals surface area contributed by atoms with Gasteiger partial charge in [-0.2, -0.15) is 0 Å². The summed E-state index contributed by atoms with van der Waals surface area (Å²) in [6.45, 7) is 7.03. The van der Waals surface area contributed by atoms with Crippen LogP contribution in [0.5, 0.6) is 0 Å². The molecule has 0 unspecified atom stereocenters. The molecule has 138 valence electrons. The Labute approximate surface area is 161 Å². The highest BCUT2D eigenvalue weighted by atomic mass is 35.5. The number of anilines is 2. The molecule has 0 fully saturated rings. The summed E-state index contributed by atoms with van der Waals surface area (Å²) >= 11 is 11.8. The zero-order chi connectivity index (χ0) is 19.5. The fraction of sp³-hybridized carbons (Fsp3) is 0.278. The Morgan fingerprint density at radius 3 is 2.31 bits per heavy atom. The number of rotatable bonds is 3. The molecule has 2 aromatic rings. The van der Waals surface area contributed by atoms with E-state index in [2.05, 4.69) is 15.6 Å². The first-order chi connectivity index (χ1) is 12.0. The van der Waals surface area contributed by atoms with Crippen molar-refractivity contribution in [2.24, 2.45) is 0 Å². The fourth-order valence-corrected chi connectivity index (χ4v) is 2.30. The van der Waals surface area contributed by atoms with Crippen LogP contribution >= 0.6 is 23.2 Å². The van der Waals surface area contributed by atoms with Crippen LogP contribution in [-0.4, -0.2) is 22.6 Å². The number of benzene rings is 1. The Bertz CT molecular complexity index is 848. The second-order valence-electron chi connectivity index (χ2n) is 6.54. The molecule has 2 amide bonds. The highest BCUT2D eigenvalue weighted by Crippen LogP contribution is 2.24.